The van der Waals surface area contributed by atoms with Crippen LogP contribution in [0.3, 0.4) is 0 Å². The molecule has 0 aliphatic rings. The largest absolute Gasteiger partial charge is 0.467 e. The first-order valence-electron chi connectivity index (χ1n) is 5.12. The highest BCUT2D eigenvalue weighted by atomic mass is 32.2. The van der Waals surface area contributed by atoms with Gasteiger partial charge in [0.15, 0.2) is 9.84 Å². The quantitative estimate of drug-likeness (QED) is 0.905. The van der Waals surface area contributed by atoms with E-state index in [1.54, 1.807) is 24.5 Å². The topological polar surface area (TPSA) is 59.3 Å². The van der Waals surface area contributed by atoms with E-state index in [2.05, 4.69) is 5.32 Å². The Bertz CT molecular complexity index is 588. The predicted octanol–water partition coefficient (Wildman–Crippen LogP) is 2.30. The highest BCUT2D eigenvalue weighted by Gasteiger charge is 2.07. The van der Waals surface area contributed by atoms with Gasteiger partial charge in [0.25, 0.3) is 0 Å². The van der Waals surface area contributed by atoms with Crippen LogP contribution in [0.15, 0.2) is 52.0 Å². The van der Waals surface area contributed by atoms with E-state index in [-0.39, 0.29) is 0 Å². The molecule has 2 rings (SSSR count). The molecule has 1 N–H and O–H groups in total. The van der Waals surface area contributed by atoms with E-state index >= 15 is 0 Å². The number of hydrogen-bond acceptors (Lipinski definition) is 4. The zero-order valence-electron chi connectivity index (χ0n) is 9.38. The van der Waals surface area contributed by atoms with Crippen LogP contribution in [0.1, 0.15) is 5.76 Å². The lowest BCUT2D eigenvalue weighted by Gasteiger charge is -2.06. The molecule has 0 aliphatic heterocycles. The van der Waals surface area contributed by atoms with Crippen LogP contribution in [-0.4, -0.2) is 14.7 Å². The third-order valence-corrected chi connectivity index (χ3v) is 3.42. The summed E-state index contributed by atoms with van der Waals surface area (Å²) in [4.78, 5) is 0.307. The molecule has 0 spiro atoms. The van der Waals surface area contributed by atoms with Crippen molar-refractivity contribution < 1.29 is 12.8 Å². The zero-order valence-corrected chi connectivity index (χ0v) is 10.2. The summed E-state index contributed by atoms with van der Waals surface area (Å²) in [5.74, 6) is 0.801. The first kappa shape index (κ1) is 11.7. The van der Waals surface area contributed by atoms with Crippen molar-refractivity contribution in [3.63, 3.8) is 0 Å². The van der Waals surface area contributed by atoms with Crippen molar-refractivity contribution >= 4 is 15.5 Å². The smallest absolute Gasteiger partial charge is 0.175 e. The Morgan fingerprint density at radius 3 is 2.71 bits per heavy atom. The van der Waals surface area contributed by atoms with Gasteiger partial charge in [-0.05, 0) is 30.3 Å². The van der Waals surface area contributed by atoms with Gasteiger partial charge in [0.05, 0.1) is 17.7 Å². The van der Waals surface area contributed by atoms with E-state index in [1.807, 2.05) is 18.2 Å². The van der Waals surface area contributed by atoms with Gasteiger partial charge in [0, 0.05) is 11.9 Å². The van der Waals surface area contributed by atoms with E-state index < -0.39 is 9.84 Å². The van der Waals surface area contributed by atoms with E-state index in [4.69, 9.17) is 4.42 Å². The van der Waals surface area contributed by atoms with Crippen LogP contribution < -0.4 is 5.32 Å². The summed E-state index contributed by atoms with van der Waals surface area (Å²) in [6.07, 6.45) is 2.79. The Balaban J connectivity index is 2.12. The van der Waals surface area contributed by atoms with Gasteiger partial charge >= 0.3 is 0 Å². The lowest BCUT2D eigenvalue weighted by Crippen LogP contribution is -2.01. The van der Waals surface area contributed by atoms with Crippen LogP contribution in [0.2, 0.25) is 0 Å². The molecule has 1 aromatic carbocycles. The molecular formula is C12H13NO3S. The normalized spacial score (nSPS) is 11.4. The lowest BCUT2D eigenvalue weighted by atomic mass is 10.3. The molecule has 90 valence electrons. The minimum absolute atomic E-state index is 0.307. The average molecular weight is 251 g/mol. The molecule has 0 aliphatic carbocycles. The molecule has 0 saturated carbocycles. The molecule has 0 unspecified atom stereocenters. The molecule has 17 heavy (non-hydrogen) atoms. The number of benzene rings is 1. The number of nitrogens with one attached hydrogen (secondary N) is 1. The van der Waals surface area contributed by atoms with Crippen LogP contribution >= 0.6 is 0 Å². The van der Waals surface area contributed by atoms with E-state index in [0.717, 1.165) is 11.4 Å². The fourth-order valence-electron chi connectivity index (χ4n) is 1.44. The minimum Gasteiger partial charge on any atom is -0.467 e. The Labute approximate surface area is 100 Å². The summed E-state index contributed by atoms with van der Waals surface area (Å²) < 4.78 is 27.9. The molecule has 0 saturated heterocycles. The highest BCUT2D eigenvalue weighted by Crippen LogP contribution is 2.16. The van der Waals surface area contributed by atoms with Crippen molar-refractivity contribution in [1.29, 1.82) is 0 Å². The lowest BCUT2D eigenvalue weighted by molar-refractivity contribution is 0.518. The standard InChI is InChI=1S/C12H13NO3S/c1-17(14,15)12-6-2-4-10(8-12)13-9-11-5-3-7-16-11/h2-8,13H,9H2,1H3. The van der Waals surface area contributed by atoms with Gasteiger partial charge in [0.1, 0.15) is 5.76 Å². The van der Waals surface area contributed by atoms with Crippen LogP contribution in [-0.2, 0) is 16.4 Å². The van der Waals surface area contributed by atoms with Crippen molar-refractivity contribution in [1.82, 2.24) is 0 Å². The van der Waals surface area contributed by atoms with Gasteiger partial charge in [0.2, 0.25) is 0 Å². The van der Waals surface area contributed by atoms with Crippen molar-refractivity contribution in [2.45, 2.75) is 11.4 Å². The minimum atomic E-state index is -3.16. The average Bonchev–Trinajstić information content (AvgIpc) is 2.78. The van der Waals surface area contributed by atoms with Crippen molar-refractivity contribution in [3.8, 4) is 0 Å². The second-order valence-electron chi connectivity index (χ2n) is 3.73. The van der Waals surface area contributed by atoms with Crippen molar-refractivity contribution in [2.24, 2.45) is 0 Å². The summed E-state index contributed by atoms with van der Waals surface area (Å²) in [5, 5.41) is 3.10. The van der Waals surface area contributed by atoms with Crippen molar-refractivity contribution in [3.05, 3.63) is 48.4 Å². The molecule has 1 heterocycles. The van der Waals surface area contributed by atoms with E-state index in [0.29, 0.717) is 11.4 Å². The number of hydrogen-bond donors (Lipinski definition) is 1. The zero-order chi connectivity index (χ0) is 12.3. The third-order valence-electron chi connectivity index (χ3n) is 2.31. The van der Waals surface area contributed by atoms with E-state index in [1.165, 1.54) is 6.26 Å². The molecule has 0 fully saturated rings. The Kier molecular flexibility index (Phi) is 3.19. The van der Waals surface area contributed by atoms with Gasteiger partial charge in [-0.2, -0.15) is 0 Å². The van der Waals surface area contributed by atoms with Crippen molar-refractivity contribution in [2.75, 3.05) is 11.6 Å². The van der Waals surface area contributed by atoms with Gasteiger partial charge in [-0.25, -0.2) is 8.42 Å². The predicted molar refractivity (Wildman–Crippen MR) is 65.6 cm³/mol. The summed E-state index contributed by atoms with van der Waals surface area (Å²) >= 11 is 0. The highest BCUT2D eigenvalue weighted by molar-refractivity contribution is 7.90. The Morgan fingerprint density at radius 2 is 2.06 bits per heavy atom. The molecule has 1 aromatic heterocycles. The second-order valence-corrected chi connectivity index (χ2v) is 5.75. The molecule has 2 aromatic rings. The molecule has 0 amide bonds. The number of sulfone groups is 1. The maximum absolute atomic E-state index is 11.4. The fourth-order valence-corrected chi connectivity index (χ4v) is 2.11. The summed E-state index contributed by atoms with van der Waals surface area (Å²) in [7, 11) is -3.16. The molecular weight excluding hydrogens is 238 g/mol. The van der Waals surface area contributed by atoms with Crippen LogP contribution in [0.4, 0.5) is 5.69 Å². The SMILES string of the molecule is CS(=O)(=O)c1cccc(NCc2ccco2)c1. The first-order chi connectivity index (χ1) is 8.05. The van der Waals surface area contributed by atoms with Gasteiger partial charge in [-0.1, -0.05) is 6.07 Å². The monoisotopic (exact) mass is 251 g/mol. The van der Waals surface area contributed by atoms with Gasteiger partial charge in [-0.3, -0.25) is 0 Å². The van der Waals surface area contributed by atoms with Gasteiger partial charge in [-0.15, -0.1) is 0 Å². The summed E-state index contributed by atoms with van der Waals surface area (Å²) in [5.41, 5.74) is 0.754. The van der Waals surface area contributed by atoms with E-state index in [9.17, 15) is 8.42 Å². The Hall–Kier alpha value is -1.75. The molecule has 0 radical (unpaired) electrons. The first-order valence-corrected chi connectivity index (χ1v) is 7.01. The number of anilines is 1. The summed E-state index contributed by atoms with van der Waals surface area (Å²) in [6.45, 7) is 0.528. The van der Waals surface area contributed by atoms with Crippen LogP contribution in [0.5, 0.6) is 0 Å². The van der Waals surface area contributed by atoms with Crippen LogP contribution in [0.25, 0.3) is 0 Å². The molecule has 0 atom stereocenters. The molecule has 5 heteroatoms. The second kappa shape index (κ2) is 4.63. The molecule has 4 nitrogen and oxygen atoms in total. The van der Waals surface area contributed by atoms with Gasteiger partial charge < -0.3 is 9.73 Å². The summed E-state index contributed by atoms with van der Waals surface area (Å²) in [6, 6.07) is 10.4. The van der Waals surface area contributed by atoms with Crippen LogP contribution in [0, 0.1) is 0 Å². The molecule has 0 bridgehead atoms. The number of furan rings is 1. The maximum atomic E-state index is 11.4. The fraction of sp³-hybridized carbons (Fsp3) is 0.167. The number of rotatable bonds is 4. The maximum Gasteiger partial charge on any atom is 0.175 e. The Morgan fingerprint density at radius 1 is 1.24 bits per heavy atom. The third kappa shape index (κ3) is 3.10.